The standard InChI is InChI=1S/C41H59Cl2F4N7O8/c1-9-28(50-36(58)32-19-26(44)20-54(32)39(61)40(62,22(4)5)41(45,46)47)37(59)52(7)30-12-10-11-15-48-33(55)23(6)49-35(57)31(18-24-17-25(42)13-14-27(24)43)53(8)38(60)29(16-21(2)3)51-34(30)56/h13-14,17,21-23,26,28-32,62H,9-12,15-16,18-20H2,1-8H3,(H,48,55)(H,49,57)(H,50,58)(H,51,56)/t23-,26-,28+,29+,30+,31+,32+,40?/m1/s1. The fourth-order valence-corrected chi connectivity index (χ4v) is 7.94. The molecule has 1 aromatic carbocycles. The molecule has 2 fully saturated rings. The van der Waals surface area contributed by atoms with Crippen molar-refractivity contribution in [3.05, 3.63) is 33.8 Å². The zero-order valence-electron chi connectivity index (χ0n) is 36.2. The van der Waals surface area contributed by atoms with Gasteiger partial charge in [0.2, 0.25) is 41.0 Å². The fraction of sp³-hybridized carbons (Fsp3) is 0.683. The number of likely N-dealkylation sites (tertiary alicyclic amines) is 1. The van der Waals surface area contributed by atoms with Crippen LogP contribution in [0.3, 0.4) is 0 Å². The third kappa shape index (κ3) is 12.5. The molecule has 1 aromatic rings. The van der Waals surface area contributed by atoms with Gasteiger partial charge < -0.3 is 41.1 Å². The lowest BCUT2D eigenvalue weighted by molar-refractivity contribution is -0.269. The fourth-order valence-electron chi connectivity index (χ4n) is 7.55. The average molecular weight is 925 g/mol. The highest BCUT2D eigenvalue weighted by Crippen LogP contribution is 2.39. The molecule has 3 rings (SSSR count). The minimum Gasteiger partial charge on any atom is -0.372 e. The van der Waals surface area contributed by atoms with Gasteiger partial charge in [0.25, 0.3) is 5.91 Å². The van der Waals surface area contributed by atoms with Crippen LogP contribution in [0.4, 0.5) is 17.6 Å². The summed E-state index contributed by atoms with van der Waals surface area (Å²) in [7, 11) is 2.66. The lowest BCUT2D eigenvalue weighted by Gasteiger charge is -2.37. The van der Waals surface area contributed by atoms with E-state index in [0.29, 0.717) is 21.9 Å². The predicted molar refractivity (Wildman–Crippen MR) is 222 cm³/mol. The molecule has 0 aromatic heterocycles. The van der Waals surface area contributed by atoms with Crippen molar-refractivity contribution in [3.63, 3.8) is 0 Å². The number of alkyl halides is 4. The average Bonchev–Trinajstić information content (AvgIpc) is 3.59. The first-order chi connectivity index (χ1) is 28.8. The zero-order chi connectivity index (χ0) is 47.0. The number of hydrogen-bond donors (Lipinski definition) is 5. The number of nitrogens with zero attached hydrogens (tertiary/aromatic N) is 3. The molecule has 15 nitrogen and oxygen atoms in total. The van der Waals surface area contributed by atoms with E-state index in [9.17, 15) is 56.2 Å². The number of amides is 7. The van der Waals surface area contributed by atoms with E-state index in [1.807, 2.05) is 13.8 Å². The monoisotopic (exact) mass is 923 g/mol. The van der Waals surface area contributed by atoms with Crippen LogP contribution in [-0.2, 0) is 40.0 Å². The molecule has 0 saturated carbocycles. The summed E-state index contributed by atoms with van der Waals surface area (Å²) < 4.78 is 56.8. The molecule has 0 bridgehead atoms. The van der Waals surface area contributed by atoms with Crippen molar-refractivity contribution in [2.45, 2.75) is 141 Å². The zero-order valence-corrected chi connectivity index (χ0v) is 37.7. The maximum Gasteiger partial charge on any atom is 0.426 e. The summed E-state index contributed by atoms with van der Waals surface area (Å²) in [6, 6.07) is -3.34. The molecule has 8 atom stereocenters. The van der Waals surface area contributed by atoms with Gasteiger partial charge in [0.1, 0.15) is 42.4 Å². The summed E-state index contributed by atoms with van der Waals surface area (Å²) in [4.78, 5) is 99.0. The summed E-state index contributed by atoms with van der Waals surface area (Å²) in [5.41, 5.74) is -3.49. The van der Waals surface area contributed by atoms with E-state index in [1.165, 1.54) is 34.0 Å². The minimum atomic E-state index is -5.46. The Kier molecular flexibility index (Phi) is 18.4. The molecule has 0 spiro atoms. The van der Waals surface area contributed by atoms with Crippen LogP contribution in [-0.4, -0.2) is 143 Å². The molecule has 348 valence electrons. The molecule has 5 N–H and O–H groups in total. The molecule has 7 amide bonds. The first-order valence-corrected chi connectivity index (χ1v) is 21.4. The van der Waals surface area contributed by atoms with Crippen LogP contribution in [0.2, 0.25) is 10.0 Å². The highest BCUT2D eigenvalue weighted by Gasteiger charge is 2.64. The van der Waals surface area contributed by atoms with Crippen LogP contribution in [0.1, 0.15) is 85.6 Å². The maximum atomic E-state index is 14.7. The van der Waals surface area contributed by atoms with Crippen LogP contribution in [0, 0.1) is 11.8 Å². The third-order valence-corrected chi connectivity index (χ3v) is 12.0. The molecule has 0 aliphatic carbocycles. The van der Waals surface area contributed by atoms with Gasteiger partial charge >= 0.3 is 6.18 Å². The lowest BCUT2D eigenvalue weighted by Crippen LogP contribution is -2.64. The minimum absolute atomic E-state index is 0.00853. The SMILES string of the molecule is CC[C@H](NC(=O)[C@@H]1C[C@@H](F)CN1C(=O)C(O)(C(C)C)C(F)(F)F)C(=O)N(C)[C@H]1CCCCNC(=O)[C@@H](C)NC(=O)[C@H](Cc2cc(Cl)ccc2Cl)N(C)C(=O)[C@H](CC(C)C)NC1=O. The smallest absolute Gasteiger partial charge is 0.372 e. The van der Waals surface area contributed by atoms with Gasteiger partial charge in [-0.25, -0.2) is 4.39 Å². The van der Waals surface area contributed by atoms with E-state index in [2.05, 4.69) is 21.3 Å². The number of benzene rings is 1. The molecular weight excluding hydrogens is 865 g/mol. The number of aliphatic hydroxyl groups is 1. The molecule has 62 heavy (non-hydrogen) atoms. The van der Waals surface area contributed by atoms with E-state index < -0.39 is 114 Å². The van der Waals surface area contributed by atoms with E-state index in [1.54, 1.807) is 12.1 Å². The number of carbonyl (C=O) groups is 7. The Morgan fingerprint density at radius 2 is 1.66 bits per heavy atom. The second kappa shape index (κ2) is 21.9. The van der Waals surface area contributed by atoms with E-state index >= 15 is 0 Å². The Balaban J connectivity index is 1.96. The molecule has 1 unspecified atom stereocenters. The van der Waals surface area contributed by atoms with Gasteiger partial charge in [-0.2, -0.15) is 13.2 Å². The number of nitrogens with one attached hydrogen (secondary N) is 4. The van der Waals surface area contributed by atoms with E-state index in [0.717, 1.165) is 23.6 Å². The van der Waals surface area contributed by atoms with Crippen LogP contribution in [0.25, 0.3) is 0 Å². The number of rotatable bonds is 11. The van der Waals surface area contributed by atoms with E-state index in [4.69, 9.17) is 23.2 Å². The quantitative estimate of drug-likeness (QED) is 0.209. The van der Waals surface area contributed by atoms with Crippen LogP contribution in [0.5, 0.6) is 0 Å². The normalized spacial score (nSPS) is 25.2. The summed E-state index contributed by atoms with van der Waals surface area (Å²) in [6.07, 6.45) is -7.59. The van der Waals surface area contributed by atoms with Crippen LogP contribution < -0.4 is 21.3 Å². The van der Waals surface area contributed by atoms with Crippen molar-refractivity contribution in [2.24, 2.45) is 11.8 Å². The third-order valence-electron chi connectivity index (χ3n) is 11.4. The van der Waals surface area contributed by atoms with Crippen LogP contribution >= 0.6 is 23.2 Å². The predicted octanol–water partition coefficient (Wildman–Crippen LogP) is 3.31. The number of carbonyl (C=O) groups excluding carboxylic acids is 7. The summed E-state index contributed by atoms with van der Waals surface area (Å²) in [5.74, 6) is -8.36. The first-order valence-electron chi connectivity index (χ1n) is 20.7. The Labute approximate surface area is 369 Å². The van der Waals surface area contributed by atoms with Crippen molar-refractivity contribution >= 4 is 64.6 Å². The Hall–Kier alpha value is -4.23. The van der Waals surface area contributed by atoms with Gasteiger partial charge in [-0.15, -0.1) is 0 Å². The molecule has 2 aliphatic rings. The largest absolute Gasteiger partial charge is 0.426 e. The molecule has 21 heteroatoms. The summed E-state index contributed by atoms with van der Waals surface area (Å²) in [5, 5.41) is 21.7. The lowest BCUT2D eigenvalue weighted by atomic mass is 9.87. The first kappa shape index (κ1) is 52.1. The van der Waals surface area contributed by atoms with Gasteiger partial charge in [0.15, 0.2) is 0 Å². The molecule has 0 radical (unpaired) electrons. The van der Waals surface area contributed by atoms with Crippen molar-refractivity contribution < 1.29 is 56.2 Å². The molecule has 2 heterocycles. The van der Waals surface area contributed by atoms with Gasteiger partial charge in [-0.05, 0) is 68.7 Å². The van der Waals surface area contributed by atoms with Crippen molar-refractivity contribution in [2.75, 3.05) is 27.2 Å². The molecule has 2 saturated heterocycles. The van der Waals surface area contributed by atoms with Crippen molar-refractivity contribution in [1.82, 2.24) is 36.0 Å². The van der Waals surface area contributed by atoms with Gasteiger partial charge in [0, 0.05) is 49.4 Å². The van der Waals surface area contributed by atoms with Gasteiger partial charge in [-0.3, -0.25) is 33.6 Å². The van der Waals surface area contributed by atoms with Gasteiger partial charge in [-0.1, -0.05) is 57.8 Å². The molecule has 2 aliphatic heterocycles. The highest BCUT2D eigenvalue weighted by atomic mass is 35.5. The topological polar surface area (TPSA) is 198 Å². The Morgan fingerprint density at radius 3 is 2.24 bits per heavy atom. The number of halogens is 6. The number of likely N-dealkylation sites (N-methyl/N-ethyl adjacent to an activating group) is 2. The summed E-state index contributed by atoms with van der Waals surface area (Å²) in [6.45, 7) is 7.75. The van der Waals surface area contributed by atoms with Crippen molar-refractivity contribution in [3.8, 4) is 0 Å². The second-order valence-electron chi connectivity index (χ2n) is 16.8. The highest BCUT2D eigenvalue weighted by molar-refractivity contribution is 6.33. The van der Waals surface area contributed by atoms with Crippen molar-refractivity contribution in [1.29, 1.82) is 0 Å². The van der Waals surface area contributed by atoms with E-state index in [-0.39, 0.29) is 49.6 Å². The Bertz CT molecular complexity index is 1820. The Morgan fingerprint density at radius 1 is 1.02 bits per heavy atom. The molecular formula is C41H59Cl2F4N7O8. The van der Waals surface area contributed by atoms with Crippen LogP contribution in [0.15, 0.2) is 18.2 Å². The maximum absolute atomic E-state index is 14.7. The number of hydrogen-bond acceptors (Lipinski definition) is 8. The van der Waals surface area contributed by atoms with Gasteiger partial charge in [0.05, 0.1) is 6.54 Å². The second-order valence-corrected chi connectivity index (χ2v) is 17.6. The summed E-state index contributed by atoms with van der Waals surface area (Å²) >= 11 is 12.7.